The van der Waals surface area contributed by atoms with E-state index in [2.05, 4.69) is 58.9 Å². The Morgan fingerprint density at radius 2 is 1.56 bits per heavy atom. The Kier molecular flexibility index (Phi) is 7.24. The van der Waals surface area contributed by atoms with Crippen molar-refractivity contribution in [1.82, 2.24) is 0 Å². The number of aromatic hydroxyl groups is 1. The second-order valence-electron chi connectivity index (χ2n) is 7.16. The Labute approximate surface area is 156 Å². The number of hydrogen-bond donors (Lipinski definition) is 1. The zero-order chi connectivity index (χ0) is 18.4. The van der Waals surface area contributed by atoms with Gasteiger partial charge in [-0.15, -0.1) is 11.8 Å². The molecule has 0 aliphatic heterocycles. The summed E-state index contributed by atoms with van der Waals surface area (Å²) in [5.74, 6) is 1.65. The molecule has 2 aromatic carbocycles. The molecule has 0 aliphatic carbocycles. The van der Waals surface area contributed by atoms with Crippen molar-refractivity contribution in [3.8, 4) is 11.5 Å². The quantitative estimate of drug-likeness (QED) is 0.540. The van der Waals surface area contributed by atoms with Crippen LogP contribution in [0.1, 0.15) is 64.0 Å². The molecule has 0 saturated carbocycles. The first-order chi connectivity index (χ1) is 11.9. The van der Waals surface area contributed by atoms with Crippen LogP contribution >= 0.6 is 11.8 Å². The van der Waals surface area contributed by atoms with E-state index in [1.807, 2.05) is 23.9 Å². The van der Waals surface area contributed by atoms with Gasteiger partial charge in [-0.2, -0.15) is 0 Å². The summed E-state index contributed by atoms with van der Waals surface area (Å²) in [4.78, 5) is 1.32. The van der Waals surface area contributed by atoms with Crippen LogP contribution in [0.25, 0.3) is 0 Å². The minimum absolute atomic E-state index is 0.215. The summed E-state index contributed by atoms with van der Waals surface area (Å²) in [5.41, 5.74) is 2.51. The lowest BCUT2D eigenvalue weighted by molar-refractivity contribution is 0.285. The van der Waals surface area contributed by atoms with E-state index >= 15 is 0 Å². The number of benzene rings is 2. The molecular formula is C22H30O2S. The normalized spacial score (nSPS) is 12.6. The van der Waals surface area contributed by atoms with E-state index in [0.29, 0.717) is 29.4 Å². The number of thioether (sulfide) groups is 1. The fourth-order valence-corrected chi connectivity index (χ4v) is 3.50. The molecule has 0 aromatic heterocycles. The lowest BCUT2D eigenvalue weighted by atomic mass is 9.98. The molecule has 2 nitrogen and oxygen atoms in total. The van der Waals surface area contributed by atoms with Crippen LogP contribution in [0.15, 0.2) is 47.4 Å². The molecule has 1 unspecified atom stereocenters. The van der Waals surface area contributed by atoms with Gasteiger partial charge in [-0.3, -0.25) is 0 Å². The van der Waals surface area contributed by atoms with Crippen LogP contribution in [0.4, 0.5) is 0 Å². The van der Waals surface area contributed by atoms with Crippen molar-refractivity contribution >= 4 is 11.8 Å². The molecule has 136 valence electrons. The van der Waals surface area contributed by atoms with Gasteiger partial charge in [-0.05, 0) is 53.6 Å². The Bertz CT molecular complexity index is 662. The van der Waals surface area contributed by atoms with Crippen molar-refractivity contribution in [3.63, 3.8) is 0 Å². The van der Waals surface area contributed by atoms with Crippen LogP contribution < -0.4 is 4.74 Å². The Balaban J connectivity index is 1.90. The third-order valence-corrected chi connectivity index (χ3v) is 5.30. The van der Waals surface area contributed by atoms with E-state index in [1.165, 1.54) is 16.0 Å². The van der Waals surface area contributed by atoms with Crippen molar-refractivity contribution in [2.75, 3.05) is 6.61 Å². The number of ether oxygens (including phenoxy) is 1. The maximum Gasteiger partial charge on any atom is 0.161 e. The molecule has 0 amide bonds. The second kappa shape index (κ2) is 9.19. The zero-order valence-corrected chi connectivity index (χ0v) is 16.8. The summed E-state index contributed by atoms with van der Waals surface area (Å²) in [6.45, 7) is 11.5. The van der Waals surface area contributed by atoms with Gasteiger partial charge in [0.2, 0.25) is 0 Å². The van der Waals surface area contributed by atoms with Crippen molar-refractivity contribution in [1.29, 1.82) is 0 Å². The average molecular weight is 359 g/mol. The molecule has 0 saturated heterocycles. The number of rotatable bonds is 8. The molecule has 2 aromatic rings. The minimum Gasteiger partial charge on any atom is -0.504 e. The molecular weight excluding hydrogens is 328 g/mol. The fraction of sp³-hybridized carbons (Fsp3) is 0.455. The first-order valence-electron chi connectivity index (χ1n) is 9.09. The van der Waals surface area contributed by atoms with Gasteiger partial charge in [0.15, 0.2) is 11.5 Å². The van der Waals surface area contributed by atoms with Crippen LogP contribution in [0.2, 0.25) is 0 Å². The maximum atomic E-state index is 9.97. The topological polar surface area (TPSA) is 29.5 Å². The van der Waals surface area contributed by atoms with Crippen LogP contribution in [0.3, 0.4) is 0 Å². The van der Waals surface area contributed by atoms with E-state index in [4.69, 9.17) is 4.74 Å². The first-order valence-corrected chi connectivity index (χ1v) is 9.97. The van der Waals surface area contributed by atoms with Crippen LogP contribution in [0, 0.1) is 0 Å². The molecule has 2 rings (SSSR count). The Hall–Kier alpha value is -1.61. The lowest BCUT2D eigenvalue weighted by Gasteiger charge is -2.15. The van der Waals surface area contributed by atoms with Gasteiger partial charge in [0.05, 0.1) is 6.61 Å². The monoisotopic (exact) mass is 358 g/mol. The molecule has 1 atom stereocenters. The summed E-state index contributed by atoms with van der Waals surface area (Å²) >= 11 is 1.89. The van der Waals surface area contributed by atoms with Gasteiger partial charge >= 0.3 is 0 Å². The standard InChI is InChI=1S/C22H30O2S/c1-15(2)19-8-11-21(23)22(14-19)24-13-12-17(5)18-6-9-20(10-7-18)25-16(3)4/h6-11,14-17,23H,12-13H2,1-5H3. The summed E-state index contributed by atoms with van der Waals surface area (Å²) < 4.78 is 5.84. The third-order valence-electron chi connectivity index (χ3n) is 4.28. The third kappa shape index (κ3) is 6.00. The van der Waals surface area contributed by atoms with Gasteiger partial charge in [-0.1, -0.05) is 52.8 Å². The second-order valence-corrected chi connectivity index (χ2v) is 8.81. The highest BCUT2D eigenvalue weighted by atomic mass is 32.2. The SMILES string of the molecule is CC(C)Sc1ccc(C(C)CCOc2cc(C(C)C)ccc2O)cc1. The van der Waals surface area contributed by atoms with Crippen LogP contribution in [-0.4, -0.2) is 17.0 Å². The van der Waals surface area contributed by atoms with Gasteiger partial charge in [-0.25, -0.2) is 0 Å². The molecule has 25 heavy (non-hydrogen) atoms. The van der Waals surface area contributed by atoms with Crippen molar-refractivity contribution in [2.24, 2.45) is 0 Å². The van der Waals surface area contributed by atoms with Crippen LogP contribution in [0.5, 0.6) is 11.5 Å². The van der Waals surface area contributed by atoms with E-state index < -0.39 is 0 Å². The van der Waals surface area contributed by atoms with E-state index in [0.717, 1.165) is 6.42 Å². The number of hydrogen-bond acceptors (Lipinski definition) is 3. The predicted molar refractivity (Wildman–Crippen MR) is 108 cm³/mol. The molecule has 0 fully saturated rings. The first kappa shape index (κ1) is 19.7. The summed E-state index contributed by atoms with van der Waals surface area (Å²) in [5, 5.41) is 10.6. The summed E-state index contributed by atoms with van der Waals surface area (Å²) in [6, 6.07) is 14.5. The Morgan fingerprint density at radius 1 is 0.920 bits per heavy atom. The van der Waals surface area contributed by atoms with Gasteiger partial charge in [0.25, 0.3) is 0 Å². The van der Waals surface area contributed by atoms with E-state index in [9.17, 15) is 5.11 Å². The lowest BCUT2D eigenvalue weighted by Crippen LogP contribution is -2.04. The van der Waals surface area contributed by atoms with Gasteiger partial charge in [0, 0.05) is 10.1 Å². The Morgan fingerprint density at radius 3 is 2.16 bits per heavy atom. The molecule has 0 radical (unpaired) electrons. The largest absolute Gasteiger partial charge is 0.504 e. The number of phenols is 1. The summed E-state index contributed by atoms with van der Waals surface area (Å²) in [6.07, 6.45) is 0.919. The molecule has 0 aliphatic rings. The van der Waals surface area contributed by atoms with Crippen molar-refractivity contribution < 1.29 is 9.84 Å². The minimum atomic E-state index is 0.215. The van der Waals surface area contributed by atoms with Crippen molar-refractivity contribution in [3.05, 3.63) is 53.6 Å². The van der Waals surface area contributed by atoms with E-state index in [-0.39, 0.29) is 5.75 Å². The average Bonchev–Trinajstić information content (AvgIpc) is 2.56. The molecule has 1 N–H and O–H groups in total. The fourth-order valence-electron chi connectivity index (χ4n) is 2.66. The highest BCUT2D eigenvalue weighted by Gasteiger charge is 2.10. The van der Waals surface area contributed by atoms with Gasteiger partial charge in [0.1, 0.15) is 0 Å². The molecule has 3 heteroatoms. The highest BCUT2D eigenvalue weighted by Crippen LogP contribution is 2.31. The highest BCUT2D eigenvalue weighted by molar-refractivity contribution is 7.99. The smallest absolute Gasteiger partial charge is 0.161 e. The molecule has 0 spiro atoms. The molecule has 0 bridgehead atoms. The predicted octanol–water partition coefficient (Wildman–Crippen LogP) is 6.59. The number of phenolic OH excluding ortho intramolecular Hbond substituents is 1. The summed E-state index contributed by atoms with van der Waals surface area (Å²) in [7, 11) is 0. The zero-order valence-electron chi connectivity index (χ0n) is 16.0. The van der Waals surface area contributed by atoms with Crippen LogP contribution in [-0.2, 0) is 0 Å². The molecule has 0 heterocycles. The van der Waals surface area contributed by atoms with E-state index in [1.54, 1.807) is 6.07 Å². The van der Waals surface area contributed by atoms with Gasteiger partial charge < -0.3 is 9.84 Å². The van der Waals surface area contributed by atoms with Crippen molar-refractivity contribution in [2.45, 2.75) is 63.0 Å². The maximum absolute atomic E-state index is 9.97.